The first-order chi connectivity index (χ1) is 9.72. The average Bonchev–Trinajstić information content (AvgIpc) is 2.95. The van der Waals surface area contributed by atoms with E-state index in [-0.39, 0.29) is 11.9 Å². The van der Waals surface area contributed by atoms with Gasteiger partial charge in [0.1, 0.15) is 12.4 Å². The Morgan fingerprint density at radius 3 is 3.10 bits per heavy atom. The highest BCUT2D eigenvalue weighted by Crippen LogP contribution is 2.17. The van der Waals surface area contributed by atoms with Crippen LogP contribution in [0.2, 0.25) is 0 Å². The van der Waals surface area contributed by atoms with Crippen molar-refractivity contribution < 1.29 is 14.3 Å². The number of methoxy groups -OCH3 is 1. The van der Waals surface area contributed by atoms with Crippen LogP contribution in [0, 0.1) is 5.92 Å². The number of hydrogen-bond acceptors (Lipinski definition) is 5. The highest BCUT2D eigenvalue weighted by Gasteiger charge is 2.28. The van der Waals surface area contributed by atoms with Gasteiger partial charge in [0.2, 0.25) is 0 Å². The van der Waals surface area contributed by atoms with E-state index < -0.39 is 0 Å². The molecular weight excluding hydrogens is 256 g/mol. The largest absolute Gasteiger partial charge is 0.492 e. The monoisotopic (exact) mass is 278 g/mol. The van der Waals surface area contributed by atoms with Crippen LogP contribution < -0.4 is 10.5 Å². The van der Waals surface area contributed by atoms with Crippen LogP contribution in [0.4, 0.5) is 0 Å². The van der Waals surface area contributed by atoms with Gasteiger partial charge in [0.25, 0.3) is 0 Å². The standard InChI is InChI=1S/C15H22N2O3/c1-19-15(18)13-5-6-17(11-13)7-8-20-14-4-2-3-12(9-14)10-16/h2-4,9,13H,5-8,10-11,16H2,1H3. The number of nitrogens with zero attached hydrogens (tertiary/aromatic N) is 1. The van der Waals surface area contributed by atoms with Gasteiger partial charge < -0.3 is 15.2 Å². The molecule has 110 valence electrons. The van der Waals surface area contributed by atoms with Gasteiger partial charge in [-0.05, 0) is 30.7 Å². The maximum absolute atomic E-state index is 11.4. The van der Waals surface area contributed by atoms with Crippen molar-refractivity contribution in [1.29, 1.82) is 0 Å². The van der Waals surface area contributed by atoms with Crippen molar-refractivity contribution in [3.63, 3.8) is 0 Å². The molecule has 1 saturated heterocycles. The highest BCUT2D eigenvalue weighted by molar-refractivity contribution is 5.72. The molecule has 0 bridgehead atoms. The van der Waals surface area contributed by atoms with Crippen LogP contribution in [0.1, 0.15) is 12.0 Å². The second-order valence-corrected chi connectivity index (χ2v) is 5.01. The summed E-state index contributed by atoms with van der Waals surface area (Å²) in [6.07, 6.45) is 0.870. The zero-order chi connectivity index (χ0) is 14.4. The molecule has 20 heavy (non-hydrogen) atoms. The summed E-state index contributed by atoms with van der Waals surface area (Å²) in [7, 11) is 1.44. The van der Waals surface area contributed by atoms with Crippen LogP contribution in [-0.4, -0.2) is 44.2 Å². The third-order valence-electron chi connectivity index (χ3n) is 3.62. The van der Waals surface area contributed by atoms with Crippen molar-refractivity contribution in [3.05, 3.63) is 29.8 Å². The molecule has 0 aromatic heterocycles. The minimum absolute atomic E-state index is 0.0144. The van der Waals surface area contributed by atoms with E-state index in [2.05, 4.69) is 4.90 Å². The molecule has 1 unspecified atom stereocenters. The molecule has 5 heteroatoms. The topological polar surface area (TPSA) is 64.8 Å². The van der Waals surface area contributed by atoms with E-state index in [4.69, 9.17) is 15.2 Å². The number of benzene rings is 1. The number of likely N-dealkylation sites (tertiary alicyclic amines) is 1. The highest BCUT2D eigenvalue weighted by atomic mass is 16.5. The van der Waals surface area contributed by atoms with Crippen LogP contribution in [0.3, 0.4) is 0 Å². The van der Waals surface area contributed by atoms with Crippen molar-refractivity contribution >= 4 is 5.97 Å². The molecule has 0 amide bonds. The molecule has 1 aromatic rings. The van der Waals surface area contributed by atoms with Crippen LogP contribution in [0.15, 0.2) is 24.3 Å². The maximum atomic E-state index is 11.4. The lowest BCUT2D eigenvalue weighted by Crippen LogP contribution is -2.28. The predicted molar refractivity (Wildman–Crippen MR) is 76.4 cm³/mol. The Kier molecular flexibility index (Phi) is 5.38. The predicted octanol–water partition coefficient (Wildman–Crippen LogP) is 1.02. The summed E-state index contributed by atoms with van der Waals surface area (Å²) in [5, 5.41) is 0. The number of nitrogens with two attached hydrogens (primary N) is 1. The molecule has 1 atom stereocenters. The van der Waals surface area contributed by atoms with Crippen molar-refractivity contribution in [1.82, 2.24) is 4.90 Å². The summed E-state index contributed by atoms with van der Waals surface area (Å²) in [6, 6.07) is 7.82. The smallest absolute Gasteiger partial charge is 0.310 e. The summed E-state index contributed by atoms with van der Waals surface area (Å²) in [5.41, 5.74) is 6.66. The number of hydrogen-bond donors (Lipinski definition) is 1. The van der Waals surface area contributed by atoms with E-state index in [1.54, 1.807) is 0 Å². The molecule has 1 aromatic carbocycles. The van der Waals surface area contributed by atoms with E-state index in [9.17, 15) is 4.79 Å². The fourth-order valence-corrected chi connectivity index (χ4v) is 2.45. The molecule has 1 aliphatic heterocycles. The third-order valence-corrected chi connectivity index (χ3v) is 3.62. The Hall–Kier alpha value is -1.59. The van der Waals surface area contributed by atoms with Gasteiger partial charge in [-0.2, -0.15) is 0 Å². The van der Waals surface area contributed by atoms with Crippen molar-refractivity contribution in [2.45, 2.75) is 13.0 Å². The summed E-state index contributed by atoms with van der Waals surface area (Å²) < 4.78 is 10.5. The van der Waals surface area contributed by atoms with E-state index in [0.29, 0.717) is 13.2 Å². The van der Waals surface area contributed by atoms with Gasteiger partial charge in [-0.1, -0.05) is 12.1 Å². The lowest BCUT2D eigenvalue weighted by molar-refractivity contribution is -0.144. The minimum Gasteiger partial charge on any atom is -0.492 e. The van der Waals surface area contributed by atoms with E-state index in [1.165, 1.54) is 7.11 Å². The van der Waals surface area contributed by atoms with Gasteiger partial charge in [-0.15, -0.1) is 0 Å². The van der Waals surface area contributed by atoms with E-state index in [1.807, 2.05) is 24.3 Å². The van der Waals surface area contributed by atoms with Crippen LogP contribution in [-0.2, 0) is 16.1 Å². The zero-order valence-electron chi connectivity index (χ0n) is 11.9. The third kappa shape index (κ3) is 3.95. The van der Waals surface area contributed by atoms with Gasteiger partial charge in [-0.3, -0.25) is 9.69 Å². The Bertz CT molecular complexity index is 450. The van der Waals surface area contributed by atoms with Crippen LogP contribution in [0.5, 0.6) is 5.75 Å². The molecule has 0 aliphatic carbocycles. The summed E-state index contributed by atoms with van der Waals surface area (Å²) in [4.78, 5) is 13.7. The average molecular weight is 278 g/mol. The van der Waals surface area contributed by atoms with Crippen molar-refractivity contribution in [3.8, 4) is 5.75 Å². The Morgan fingerprint density at radius 1 is 1.50 bits per heavy atom. The fraction of sp³-hybridized carbons (Fsp3) is 0.533. The molecule has 1 aliphatic rings. The van der Waals surface area contributed by atoms with Crippen LogP contribution in [0.25, 0.3) is 0 Å². The molecule has 1 fully saturated rings. The Labute approximate surface area is 119 Å². The first kappa shape index (κ1) is 14.8. The van der Waals surface area contributed by atoms with Gasteiger partial charge in [0.05, 0.1) is 13.0 Å². The molecule has 0 radical (unpaired) electrons. The number of esters is 1. The Morgan fingerprint density at radius 2 is 2.35 bits per heavy atom. The van der Waals surface area contributed by atoms with E-state index >= 15 is 0 Å². The molecule has 0 saturated carbocycles. The van der Waals surface area contributed by atoms with Crippen molar-refractivity contribution in [2.24, 2.45) is 11.7 Å². The second kappa shape index (κ2) is 7.26. The molecule has 5 nitrogen and oxygen atoms in total. The maximum Gasteiger partial charge on any atom is 0.310 e. The summed E-state index contributed by atoms with van der Waals surface area (Å²) >= 11 is 0. The first-order valence-corrected chi connectivity index (χ1v) is 6.95. The Balaban J connectivity index is 1.72. The fourth-order valence-electron chi connectivity index (χ4n) is 2.45. The normalized spacial score (nSPS) is 19.0. The zero-order valence-corrected chi connectivity index (χ0v) is 11.9. The van der Waals surface area contributed by atoms with Gasteiger partial charge >= 0.3 is 5.97 Å². The van der Waals surface area contributed by atoms with Crippen LogP contribution >= 0.6 is 0 Å². The number of carbonyl (C=O) groups is 1. The number of carbonyl (C=O) groups excluding carboxylic acids is 1. The van der Waals surface area contributed by atoms with Crippen molar-refractivity contribution in [2.75, 3.05) is 33.4 Å². The lowest BCUT2D eigenvalue weighted by Gasteiger charge is -2.16. The lowest BCUT2D eigenvalue weighted by atomic mass is 10.1. The number of rotatable bonds is 6. The molecule has 1 heterocycles. The SMILES string of the molecule is COC(=O)C1CCN(CCOc2cccc(CN)c2)C1. The minimum atomic E-state index is -0.107. The summed E-state index contributed by atoms with van der Waals surface area (Å²) in [5.74, 6) is 0.751. The van der Waals surface area contributed by atoms with Gasteiger partial charge in [0, 0.05) is 19.6 Å². The molecule has 2 N–H and O–H groups in total. The van der Waals surface area contributed by atoms with E-state index in [0.717, 1.165) is 37.4 Å². The quantitative estimate of drug-likeness (QED) is 0.787. The molecule has 2 rings (SSSR count). The molecule has 0 spiro atoms. The van der Waals surface area contributed by atoms with Gasteiger partial charge in [-0.25, -0.2) is 0 Å². The first-order valence-electron chi connectivity index (χ1n) is 6.95. The number of ether oxygens (including phenoxy) is 2. The second-order valence-electron chi connectivity index (χ2n) is 5.01. The van der Waals surface area contributed by atoms with Gasteiger partial charge in [0.15, 0.2) is 0 Å². The summed E-state index contributed by atoms with van der Waals surface area (Å²) in [6.45, 7) is 3.64. The molecular formula is C15H22N2O3.